The molecule has 1 unspecified atom stereocenters. The lowest BCUT2D eigenvalue weighted by atomic mass is 10.0. The molecule has 2 amide bonds. The number of thiophene rings is 1. The number of nitrogens with zero attached hydrogens (tertiary/aromatic N) is 3. The first-order chi connectivity index (χ1) is 13.1. The first-order valence-electron chi connectivity index (χ1n) is 7.97. The minimum absolute atomic E-state index is 0.0529. The normalized spacial score (nSPS) is 11.7. The minimum Gasteiger partial charge on any atom is -0.363 e. The average Bonchev–Trinajstić information content (AvgIpc) is 3.36. The summed E-state index contributed by atoms with van der Waals surface area (Å²) < 4.78 is 8.13. The highest BCUT2D eigenvalue weighted by atomic mass is 32.1. The third kappa shape index (κ3) is 4.60. The zero-order valence-corrected chi connectivity index (χ0v) is 15.6. The van der Waals surface area contributed by atoms with E-state index < -0.39 is 23.6 Å². The van der Waals surface area contributed by atoms with E-state index >= 15 is 0 Å². The molecule has 0 bridgehead atoms. The fraction of sp³-hybridized carbons (Fsp3) is 0.176. The van der Waals surface area contributed by atoms with E-state index in [1.807, 2.05) is 17.5 Å². The summed E-state index contributed by atoms with van der Waals surface area (Å²) in [6.45, 7) is 0. The quantitative estimate of drug-likeness (QED) is 0.550. The number of nitrogens with two attached hydrogens (primary N) is 1. The molecule has 0 saturated carbocycles. The van der Waals surface area contributed by atoms with Crippen molar-refractivity contribution in [3.63, 3.8) is 0 Å². The first-order valence-corrected chi connectivity index (χ1v) is 9.58. The molecule has 1 atom stereocenters. The van der Waals surface area contributed by atoms with Gasteiger partial charge in [-0.15, -0.1) is 11.3 Å². The van der Waals surface area contributed by atoms with E-state index in [1.165, 1.54) is 11.3 Å². The fourth-order valence-electron chi connectivity index (χ4n) is 2.42. The largest absolute Gasteiger partial charge is 0.363 e. The second-order valence-electron chi connectivity index (χ2n) is 5.55. The van der Waals surface area contributed by atoms with Gasteiger partial charge >= 0.3 is 0 Å². The van der Waals surface area contributed by atoms with Crippen molar-refractivity contribution in [2.45, 2.75) is 18.9 Å². The molecule has 0 fully saturated rings. The molecule has 0 aliphatic carbocycles. The van der Waals surface area contributed by atoms with Gasteiger partial charge in [0.1, 0.15) is 5.69 Å². The van der Waals surface area contributed by atoms with Crippen molar-refractivity contribution in [3.05, 3.63) is 52.5 Å². The summed E-state index contributed by atoms with van der Waals surface area (Å²) in [4.78, 5) is 41.3. The number of pyridine rings is 1. The Kier molecular flexibility index (Phi) is 5.99. The molecule has 0 aromatic carbocycles. The number of Topliss-reactive ketones (excluding diaryl/α,β-unsaturated/α-hetero) is 1. The summed E-state index contributed by atoms with van der Waals surface area (Å²) in [5.41, 5.74) is 6.00. The number of primary amides is 1. The van der Waals surface area contributed by atoms with Crippen LogP contribution in [-0.2, 0) is 16.0 Å². The maximum atomic E-state index is 12.7. The fourth-order valence-corrected chi connectivity index (χ4v) is 3.70. The van der Waals surface area contributed by atoms with Crippen LogP contribution in [0.5, 0.6) is 0 Å². The Morgan fingerprint density at radius 2 is 2.00 bits per heavy atom. The van der Waals surface area contributed by atoms with E-state index in [2.05, 4.69) is 19.0 Å². The molecule has 0 spiro atoms. The smallest absolute Gasteiger partial charge is 0.287 e. The Bertz CT molecular complexity index is 941. The molecule has 0 saturated heterocycles. The van der Waals surface area contributed by atoms with E-state index in [4.69, 9.17) is 5.73 Å². The minimum atomic E-state index is -1.09. The van der Waals surface area contributed by atoms with Gasteiger partial charge in [-0.25, -0.2) is 0 Å². The highest BCUT2D eigenvalue weighted by Gasteiger charge is 2.28. The Labute approximate surface area is 162 Å². The zero-order valence-electron chi connectivity index (χ0n) is 14.0. The molecule has 0 aliphatic heterocycles. The lowest BCUT2D eigenvalue weighted by molar-refractivity contribution is -0.137. The Balaban J connectivity index is 1.77. The number of rotatable bonds is 8. The second kappa shape index (κ2) is 8.60. The molecule has 0 radical (unpaired) electrons. The van der Waals surface area contributed by atoms with Crippen LogP contribution in [0.4, 0.5) is 0 Å². The lowest BCUT2D eigenvalue weighted by Gasteiger charge is -2.15. The van der Waals surface area contributed by atoms with Gasteiger partial charge < -0.3 is 11.1 Å². The van der Waals surface area contributed by atoms with Crippen molar-refractivity contribution in [2.75, 3.05) is 0 Å². The van der Waals surface area contributed by atoms with Crippen molar-refractivity contribution in [1.29, 1.82) is 0 Å². The summed E-state index contributed by atoms with van der Waals surface area (Å²) in [5.74, 6) is -2.54. The van der Waals surface area contributed by atoms with Crippen LogP contribution in [0.15, 0.2) is 41.9 Å². The maximum absolute atomic E-state index is 12.7. The van der Waals surface area contributed by atoms with Gasteiger partial charge in [-0.05, 0) is 36.4 Å². The highest BCUT2D eigenvalue weighted by molar-refractivity contribution is 7.09. The molecule has 3 aromatic rings. The van der Waals surface area contributed by atoms with Gasteiger partial charge in [-0.1, -0.05) is 12.1 Å². The van der Waals surface area contributed by atoms with Crippen molar-refractivity contribution in [2.24, 2.45) is 5.73 Å². The second-order valence-corrected chi connectivity index (χ2v) is 7.11. The number of amides is 2. The van der Waals surface area contributed by atoms with Crippen LogP contribution in [0.25, 0.3) is 11.4 Å². The maximum Gasteiger partial charge on any atom is 0.287 e. The number of aryl methyl sites for hydroxylation is 1. The molecule has 0 aliphatic rings. The van der Waals surface area contributed by atoms with Crippen molar-refractivity contribution in [3.8, 4) is 11.4 Å². The van der Waals surface area contributed by atoms with Crippen LogP contribution < -0.4 is 11.1 Å². The standard InChI is InChI=1S/C17H15N5O3S2/c18-16(24)15(23)12(7-6-10-4-3-9-26-10)20-17(25)14-13(21-27-22-14)11-5-1-2-8-19-11/h1-5,8-9,12H,6-7H2,(H2,18,24)(H,20,25). The molecular weight excluding hydrogens is 386 g/mol. The monoisotopic (exact) mass is 401 g/mol. The Morgan fingerprint density at radius 1 is 1.15 bits per heavy atom. The van der Waals surface area contributed by atoms with Gasteiger partial charge in [0.05, 0.1) is 23.5 Å². The molecule has 27 heavy (non-hydrogen) atoms. The van der Waals surface area contributed by atoms with E-state index in [0.717, 1.165) is 16.6 Å². The van der Waals surface area contributed by atoms with Crippen molar-refractivity contribution in [1.82, 2.24) is 19.0 Å². The van der Waals surface area contributed by atoms with Gasteiger partial charge in [0.15, 0.2) is 5.69 Å². The van der Waals surface area contributed by atoms with E-state index in [-0.39, 0.29) is 12.1 Å². The first kappa shape index (κ1) is 18.8. The van der Waals surface area contributed by atoms with Crippen LogP contribution in [0.3, 0.4) is 0 Å². The Morgan fingerprint density at radius 3 is 2.67 bits per heavy atom. The predicted octanol–water partition coefficient (Wildman–Crippen LogP) is 1.45. The SMILES string of the molecule is NC(=O)C(=O)C(CCc1cccs1)NC(=O)c1nsnc1-c1ccccn1. The van der Waals surface area contributed by atoms with Crippen LogP contribution in [0.2, 0.25) is 0 Å². The third-order valence-electron chi connectivity index (χ3n) is 3.74. The third-order valence-corrected chi connectivity index (χ3v) is 5.20. The number of ketones is 1. The van der Waals surface area contributed by atoms with Gasteiger partial charge in [-0.2, -0.15) is 8.75 Å². The zero-order chi connectivity index (χ0) is 19.2. The summed E-state index contributed by atoms with van der Waals surface area (Å²) in [6, 6.07) is 8.00. The summed E-state index contributed by atoms with van der Waals surface area (Å²) in [5, 5.41) is 4.48. The molecule has 8 nitrogen and oxygen atoms in total. The molecule has 3 heterocycles. The Hall–Kier alpha value is -2.98. The summed E-state index contributed by atoms with van der Waals surface area (Å²) in [7, 11) is 0. The molecule has 138 valence electrons. The molecule has 3 N–H and O–H groups in total. The number of carbonyl (C=O) groups excluding carboxylic acids is 3. The van der Waals surface area contributed by atoms with Gasteiger partial charge in [0.25, 0.3) is 11.8 Å². The van der Waals surface area contributed by atoms with Crippen LogP contribution >= 0.6 is 23.1 Å². The highest BCUT2D eigenvalue weighted by Crippen LogP contribution is 2.20. The molecule has 10 heteroatoms. The predicted molar refractivity (Wildman–Crippen MR) is 101 cm³/mol. The van der Waals surface area contributed by atoms with Gasteiger partial charge in [0.2, 0.25) is 5.78 Å². The summed E-state index contributed by atoms with van der Waals surface area (Å²) >= 11 is 2.40. The van der Waals surface area contributed by atoms with Crippen LogP contribution in [0, 0.1) is 0 Å². The molecule has 3 aromatic heterocycles. The number of carbonyl (C=O) groups is 3. The van der Waals surface area contributed by atoms with E-state index in [1.54, 1.807) is 24.4 Å². The van der Waals surface area contributed by atoms with Crippen LogP contribution in [-0.4, -0.2) is 37.4 Å². The van der Waals surface area contributed by atoms with Crippen molar-refractivity contribution >= 4 is 40.7 Å². The van der Waals surface area contributed by atoms with E-state index in [9.17, 15) is 14.4 Å². The summed E-state index contributed by atoms with van der Waals surface area (Å²) in [6.07, 6.45) is 2.37. The van der Waals surface area contributed by atoms with Gasteiger partial charge in [-0.3, -0.25) is 19.4 Å². The average molecular weight is 401 g/mol. The van der Waals surface area contributed by atoms with Gasteiger partial charge in [0, 0.05) is 11.1 Å². The van der Waals surface area contributed by atoms with E-state index in [0.29, 0.717) is 17.8 Å². The topological polar surface area (TPSA) is 128 Å². The lowest BCUT2D eigenvalue weighted by Crippen LogP contribution is -2.46. The van der Waals surface area contributed by atoms with Crippen LogP contribution in [0.1, 0.15) is 21.8 Å². The number of hydrogen-bond acceptors (Lipinski definition) is 8. The molecular formula is C17H15N5O3S2. The molecule has 3 rings (SSSR count). The number of aromatic nitrogens is 3. The number of nitrogens with one attached hydrogen (secondary N) is 1. The van der Waals surface area contributed by atoms with Crippen molar-refractivity contribution < 1.29 is 14.4 Å². The number of hydrogen-bond donors (Lipinski definition) is 2.